The zero-order chi connectivity index (χ0) is 22.2. The van der Waals surface area contributed by atoms with Gasteiger partial charge in [-0.2, -0.15) is 8.78 Å². The van der Waals surface area contributed by atoms with E-state index in [0.29, 0.717) is 0 Å². The van der Waals surface area contributed by atoms with Crippen molar-refractivity contribution < 1.29 is 54.9 Å². The van der Waals surface area contributed by atoms with Crippen molar-refractivity contribution in [3.8, 4) is 5.75 Å². The Bertz CT molecular complexity index is 829. The van der Waals surface area contributed by atoms with E-state index in [2.05, 4.69) is 25.4 Å². The number of cyclic esters (lactones) is 2. The Morgan fingerprint density at radius 2 is 1.66 bits per heavy atom. The first-order valence-corrected chi connectivity index (χ1v) is 8.32. The molecule has 13 heteroatoms. The average Bonchev–Trinajstić information content (AvgIpc) is 2.50. The fourth-order valence-electron chi connectivity index (χ4n) is 2.01. The maximum absolute atomic E-state index is 13.5. The van der Waals surface area contributed by atoms with Gasteiger partial charge in [-0.3, -0.25) is 0 Å². The number of esters is 2. The predicted octanol–water partition coefficient (Wildman–Crippen LogP) is 4.47. The number of carbonyl (C=O) groups is 2. The van der Waals surface area contributed by atoms with Crippen LogP contribution in [0.5, 0.6) is 5.75 Å². The molecule has 6 nitrogen and oxygen atoms in total. The van der Waals surface area contributed by atoms with Gasteiger partial charge < -0.3 is 14.2 Å². The van der Waals surface area contributed by atoms with Gasteiger partial charge in [0.15, 0.2) is 0 Å². The number of carbonyl (C=O) groups excluding carboxylic acids is 2. The van der Waals surface area contributed by atoms with E-state index < -0.39 is 47.9 Å². The first-order chi connectivity index (χ1) is 13.1. The molecule has 0 spiro atoms. The van der Waals surface area contributed by atoms with Crippen LogP contribution < -0.4 is 4.74 Å². The molecule has 1 fully saturated rings. The van der Waals surface area contributed by atoms with E-state index in [-0.39, 0.29) is 10.0 Å². The summed E-state index contributed by atoms with van der Waals surface area (Å²) in [6.07, 6.45) is -13.7. The highest BCUT2D eigenvalue weighted by molar-refractivity contribution is 9.10. The summed E-state index contributed by atoms with van der Waals surface area (Å²) in [5.74, 6) is -4.17. The number of ether oxygens (including phenoxy) is 4. The van der Waals surface area contributed by atoms with Crippen molar-refractivity contribution in [2.45, 2.75) is 38.5 Å². The Hall–Kier alpha value is -2.28. The van der Waals surface area contributed by atoms with Gasteiger partial charge in [0, 0.05) is 13.8 Å². The molecule has 1 unspecified atom stereocenters. The van der Waals surface area contributed by atoms with E-state index >= 15 is 0 Å². The van der Waals surface area contributed by atoms with Crippen molar-refractivity contribution in [2.75, 3.05) is 0 Å². The summed E-state index contributed by atoms with van der Waals surface area (Å²) in [5.41, 5.74) is -0.378. The Kier molecular flexibility index (Phi) is 6.23. The standard InChI is InChI=1S/C16H11BrF6O6/c1-14(2)27-11(24)8(12(25)28-14)5-7-3-4-10(9(17)6-7)26-15(19,20)13(18)29-16(21,22)23/h3-6,13H,1-2H3. The number of alkyl halides is 6. The lowest BCUT2D eigenvalue weighted by molar-refractivity contribution is -0.411. The van der Waals surface area contributed by atoms with Gasteiger partial charge in [0.25, 0.3) is 5.79 Å². The highest BCUT2D eigenvalue weighted by Crippen LogP contribution is 2.36. The second-order valence-corrected chi connectivity index (χ2v) is 6.82. The third-order valence-electron chi connectivity index (χ3n) is 3.13. The van der Waals surface area contributed by atoms with Gasteiger partial charge in [-0.05, 0) is 39.7 Å². The lowest BCUT2D eigenvalue weighted by Crippen LogP contribution is -2.41. The summed E-state index contributed by atoms with van der Waals surface area (Å²) in [6.45, 7) is 2.67. The molecule has 1 heterocycles. The van der Waals surface area contributed by atoms with Crippen LogP contribution in [0.1, 0.15) is 19.4 Å². The van der Waals surface area contributed by atoms with Crippen molar-refractivity contribution in [1.29, 1.82) is 0 Å². The van der Waals surface area contributed by atoms with Gasteiger partial charge in [-0.15, -0.1) is 13.2 Å². The molecule has 0 amide bonds. The number of benzene rings is 1. The van der Waals surface area contributed by atoms with Crippen LogP contribution >= 0.6 is 15.9 Å². The zero-order valence-corrected chi connectivity index (χ0v) is 16.1. The molecule has 0 aliphatic carbocycles. The van der Waals surface area contributed by atoms with Gasteiger partial charge in [-0.25, -0.2) is 18.7 Å². The van der Waals surface area contributed by atoms with Gasteiger partial charge in [0.1, 0.15) is 11.3 Å². The van der Waals surface area contributed by atoms with E-state index in [9.17, 15) is 35.9 Å². The molecule has 1 aromatic rings. The molecule has 1 aliphatic rings. The van der Waals surface area contributed by atoms with Crippen LogP contribution in [0.25, 0.3) is 6.08 Å². The quantitative estimate of drug-likeness (QED) is 0.261. The summed E-state index contributed by atoms with van der Waals surface area (Å²) in [5, 5.41) is 0. The number of hydrogen-bond donors (Lipinski definition) is 0. The van der Waals surface area contributed by atoms with E-state index in [4.69, 9.17) is 9.47 Å². The lowest BCUT2D eigenvalue weighted by atomic mass is 10.1. The van der Waals surface area contributed by atoms with Crippen LogP contribution in [-0.2, 0) is 23.8 Å². The van der Waals surface area contributed by atoms with Gasteiger partial charge in [0.05, 0.1) is 4.47 Å². The second kappa shape index (κ2) is 7.86. The van der Waals surface area contributed by atoms with Crippen LogP contribution in [0.3, 0.4) is 0 Å². The van der Waals surface area contributed by atoms with E-state index in [0.717, 1.165) is 24.3 Å². The van der Waals surface area contributed by atoms with Crippen LogP contribution in [0.2, 0.25) is 0 Å². The molecule has 2 rings (SSSR count). The average molecular weight is 493 g/mol. The maximum Gasteiger partial charge on any atom is 0.525 e. The molecule has 29 heavy (non-hydrogen) atoms. The summed E-state index contributed by atoms with van der Waals surface area (Å²) >= 11 is 2.82. The number of halogens is 7. The Labute approximate surface area is 167 Å². The van der Waals surface area contributed by atoms with Crippen molar-refractivity contribution in [2.24, 2.45) is 0 Å². The molecule has 0 radical (unpaired) electrons. The Morgan fingerprint density at radius 1 is 1.10 bits per heavy atom. The third-order valence-corrected chi connectivity index (χ3v) is 3.75. The first-order valence-electron chi connectivity index (χ1n) is 7.53. The maximum atomic E-state index is 13.5. The van der Waals surface area contributed by atoms with Crippen LogP contribution in [0.4, 0.5) is 26.3 Å². The number of hydrogen-bond acceptors (Lipinski definition) is 6. The normalized spacial score (nSPS) is 18.0. The van der Waals surface area contributed by atoms with Gasteiger partial charge in [-0.1, -0.05) is 6.07 Å². The molecule has 1 atom stereocenters. The lowest BCUT2D eigenvalue weighted by Gasteiger charge is -2.29. The number of rotatable bonds is 5. The summed E-state index contributed by atoms with van der Waals surface area (Å²) in [6, 6.07) is 2.99. The first kappa shape index (κ1) is 23.0. The molecule has 1 saturated heterocycles. The predicted molar refractivity (Wildman–Crippen MR) is 86.0 cm³/mol. The molecule has 0 bridgehead atoms. The van der Waals surface area contributed by atoms with Gasteiger partial charge >= 0.3 is 30.8 Å². The van der Waals surface area contributed by atoms with E-state index in [1.807, 2.05) is 0 Å². The largest absolute Gasteiger partial charge is 0.525 e. The molecule has 160 valence electrons. The summed E-state index contributed by atoms with van der Waals surface area (Å²) in [4.78, 5) is 23.8. The van der Waals surface area contributed by atoms with E-state index in [1.54, 1.807) is 0 Å². The Morgan fingerprint density at radius 3 is 2.14 bits per heavy atom. The minimum Gasteiger partial charge on any atom is -0.427 e. The molecular formula is C16H11BrF6O6. The smallest absolute Gasteiger partial charge is 0.427 e. The topological polar surface area (TPSA) is 71.1 Å². The van der Waals surface area contributed by atoms with Crippen LogP contribution in [0, 0.1) is 0 Å². The summed E-state index contributed by atoms with van der Waals surface area (Å²) in [7, 11) is 0. The van der Waals surface area contributed by atoms with Crippen molar-refractivity contribution in [3.63, 3.8) is 0 Å². The Balaban J connectivity index is 2.21. The SMILES string of the molecule is CC1(C)OC(=O)C(=Cc2ccc(OC(F)(F)C(F)OC(F)(F)F)c(Br)c2)C(=O)O1. The highest BCUT2D eigenvalue weighted by Gasteiger charge is 2.51. The van der Waals surface area contributed by atoms with E-state index in [1.165, 1.54) is 13.8 Å². The van der Waals surface area contributed by atoms with Crippen LogP contribution in [0.15, 0.2) is 28.2 Å². The minimum absolute atomic E-state index is 0.111. The fraction of sp³-hybridized carbons (Fsp3) is 0.375. The van der Waals surface area contributed by atoms with Crippen molar-refractivity contribution in [3.05, 3.63) is 33.8 Å². The fourth-order valence-corrected chi connectivity index (χ4v) is 2.49. The van der Waals surface area contributed by atoms with Crippen LogP contribution in [-0.4, -0.2) is 36.6 Å². The van der Waals surface area contributed by atoms with Gasteiger partial charge in [0.2, 0.25) is 0 Å². The molecular weight excluding hydrogens is 482 g/mol. The molecule has 0 aromatic heterocycles. The molecule has 1 aliphatic heterocycles. The molecule has 0 N–H and O–H groups in total. The van der Waals surface area contributed by atoms with Crippen molar-refractivity contribution >= 4 is 33.9 Å². The summed E-state index contributed by atoms with van der Waals surface area (Å²) < 4.78 is 91.8. The zero-order valence-electron chi connectivity index (χ0n) is 14.5. The third kappa shape index (κ3) is 6.10. The van der Waals surface area contributed by atoms with Crippen molar-refractivity contribution in [1.82, 2.24) is 0 Å². The minimum atomic E-state index is -5.64. The second-order valence-electron chi connectivity index (χ2n) is 5.97. The molecule has 1 aromatic carbocycles. The highest BCUT2D eigenvalue weighted by atomic mass is 79.9. The monoisotopic (exact) mass is 492 g/mol. The molecule has 0 saturated carbocycles.